The minimum Gasteiger partial charge on any atom is -0.315 e. The largest absolute Gasteiger partial charge is 0.315 e. The molecule has 3 rings (SSSR count). The highest BCUT2D eigenvalue weighted by molar-refractivity contribution is 5.05. The summed E-state index contributed by atoms with van der Waals surface area (Å²) < 4.78 is 2.43. The topological polar surface area (TPSA) is 34.0 Å². The van der Waals surface area contributed by atoms with Crippen molar-refractivity contribution >= 4 is 0 Å². The van der Waals surface area contributed by atoms with Gasteiger partial charge in [-0.05, 0) is 52.6 Å². The molecule has 0 aromatic carbocycles. The van der Waals surface area contributed by atoms with Gasteiger partial charge in [-0.15, -0.1) is 10.2 Å². The molecule has 4 nitrogen and oxygen atoms in total. The maximum atomic E-state index is 4.53. The number of hydrogen-bond acceptors (Lipinski definition) is 3. The summed E-state index contributed by atoms with van der Waals surface area (Å²) in [4.78, 5) is 2.58. The van der Waals surface area contributed by atoms with Crippen molar-refractivity contribution in [1.82, 2.24) is 19.7 Å². The fourth-order valence-electron chi connectivity index (χ4n) is 3.48. The van der Waals surface area contributed by atoms with Crippen molar-refractivity contribution in [3.8, 4) is 0 Å². The first kappa shape index (κ1) is 13.1. The second-order valence-electron chi connectivity index (χ2n) is 6.34. The van der Waals surface area contributed by atoms with Gasteiger partial charge in [0.15, 0.2) is 0 Å². The van der Waals surface area contributed by atoms with Crippen LogP contribution in [0.1, 0.15) is 63.5 Å². The smallest absolute Gasteiger partial charge is 0.136 e. The standard InChI is InChI=1S/C15H26N4/c1-12(2)18-10-7-13(8-11-18)15-17-16-14-6-4-3-5-9-19(14)15/h12-13H,3-11H2,1-2H3. The average Bonchev–Trinajstić information content (AvgIpc) is 2.68. The third kappa shape index (κ3) is 2.69. The lowest BCUT2D eigenvalue weighted by Gasteiger charge is -2.34. The Balaban J connectivity index is 1.72. The van der Waals surface area contributed by atoms with E-state index in [1.165, 1.54) is 56.8 Å². The second-order valence-corrected chi connectivity index (χ2v) is 6.34. The van der Waals surface area contributed by atoms with E-state index in [0.717, 1.165) is 13.0 Å². The number of rotatable bonds is 2. The first-order chi connectivity index (χ1) is 9.25. The number of nitrogens with zero attached hydrogens (tertiary/aromatic N) is 4. The van der Waals surface area contributed by atoms with Gasteiger partial charge < -0.3 is 9.47 Å². The highest BCUT2D eigenvalue weighted by Gasteiger charge is 2.27. The summed E-state index contributed by atoms with van der Waals surface area (Å²) in [6.45, 7) is 8.16. The predicted molar refractivity (Wildman–Crippen MR) is 76.3 cm³/mol. The molecule has 106 valence electrons. The van der Waals surface area contributed by atoms with Gasteiger partial charge in [0.25, 0.3) is 0 Å². The molecular weight excluding hydrogens is 236 g/mol. The van der Waals surface area contributed by atoms with Crippen molar-refractivity contribution < 1.29 is 0 Å². The van der Waals surface area contributed by atoms with Gasteiger partial charge >= 0.3 is 0 Å². The zero-order valence-electron chi connectivity index (χ0n) is 12.3. The van der Waals surface area contributed by atoms with E-state index in [9.17, 15) is 0 Å². The first-order valence-corrected chi connectivity index (χ1v) is 7.91. The van der Waals surface area contributed by atoms with Gasteiger partial charge in [-0.2, -0.15) is 0 Å². The minimum absolute atomic E-state index is 0.634. The molecule has 2 aliphatic rings. The van der Waals surface area contributed by atoms with Crippen LogP contribution in [0.4, 0.5) is 0 Å². The molecule has 1 fully saturated rings. The summed E-state index contributed by atoms with van der Waals surface area (Å²) >= 11 is 0. The van der Waals surface area contributed by atoms with Crippen LogP contribution < -0.4 is 0 Å². The minimum atomic E-state index is 0.634. The van der Waals surface area contributed by atoms with E-state index in [2.05, 4.69) is 33.5 Å². The van der Waals surface area contributed by atoms with Gasteiger partial charge in [0.05, 0.1) is 0 Å². The van der Waals surface area contributed by atoms with E-state index in [0.29, 0.717) is 12.0 Å². The van der Waals surface area contributed by atoms with Crippen LogP contribution >= 0.6 is 0 Å². The van der Waals surface area contributed by atoms with Crippen molar-refractivity contribution in [2.75, 3.05) is 13.1 Å². The molecule has 3 heterocycles. The summed E-state index contributed by atoms with van der Waals surface area (Å²) in [5, 5.41) is 8.97. The second kappa shape index (κ2) is 5.61. The van der Waals surface area contributed by atoms with Gasteiger partial charge in [-0.1, -0.05) is 6.42 Å². The van der Waals surface area contributed by atoms with E-state index in [4.69, 9.17) is 0 Å². The molecule has 0 amide bonds. The zero-order chi connectivity index (χ0) is 13.2. The van der Waals surface area contributed by atoms with E-state index in [1.807, 2.05) is 0 Å². The predicted octanol–water partition coefficient (Wildman–Crippen LogP) is 2.59. The Morgan fingerprint density at radius 2 is 1.79 bits per heavy atom. The van der Waals surface area contributed by atoms with Crippen LogP contribution in [0.15, 0.2) is 0 Å². The lowest BCUT2D eigenvalue weighted by molar-refractivity contribution is 0.168. The number of fused-ring (bicyclic) bond motifs is 1. The van der Waals surface area contributed by atoms with E-state index in [1.54, 1.807) is 0 Å². The van der Waals surface area contributed by atoms with Crippen LogP contribution in [0.2, 0.25) is 0 Å². The number of hydrogen-bond donors (Lipinski definition) is 0. The third-order valence-electron chi connectivity index (χ3n) is 4.76. The highest BCUT2D eigenvalue weighted by atomic mass is 15.3. The van der Waals surface area contributed by atoms with Crippen LogP contribution in [0, 0.1) is 0 Å². The number of likely N-dealkylation sites (tertiary alicyclic amines) is 1. The molecule has 0 aliphatic carbocycles. The summed E-state index contributed by atoms with van der Waals surface area (Å²) in [7, 11) is 0. The van der Waals surface area contributed by atoms with E-state index < -0.39 is 0 Å². The van der Waals surface area contributed by atoms with Gasteiger partial charge in [-0.25, -0.2) is 0 Å². The molecule has 2 aliphatic heterocycles. The summed E-state index contributed by atoms with van der Waals surface area (Å²) in [5.41, 5.74) is 0. The molecule has 0 atom stereocenters. The normalized spacial score (nSPS) is 22.5. The maximum Gasteiger partial charge on any atom is 0.136 e. The lowest BCUT2D eigenvalue weighted by atomic mass is 9.95. The van der Waals surface area contributed by atoms with Crippen molar-refractivity contribution in [3.63, 3.8) is 0 Å². The summed E-state index contributed by atoms with van der Waals surface area (Å²) in [5.74, 6) is 3.15. The van der Waals surface area contributed by atoms with E-state index >= 15 is 0 Å². The molecule has 1 saturated heterocycles. The molecule has 1 aromatic rings. The van der Waals surface area contributed by atoms with Crippen LogP contribution in [-0.2, 0) is 13.0 Å². The van der Waals surface area contributed by atoms with Crippen LogP contribution in [0.5, 0.6) is 0 Å². The molecule has 0 bridgehead atoms. The Morgan fingerprint density at radius 1 is 1.00 bits per heavy atom. The molecule has 1 aromatic heterocycles. The number of piperidine rings is 1. The van der Waals surface area contributed by atoms with Gasteiger partial charge in [0, 0.05) is 24.9 Å². The SMILES string of the molecule is CC(C)N1CCC(c2nnc3n2CCCCC3)CC1. The Bertz CT molecular complexity index is 416. The average molecular weight is 262 g/mol. The molecule has 0 spiro atoms. The molecule has 0 N–H and O–H groups in total. The van der Waals surface area contributed by atoms with Crippen LogP contribution in [0.3, 0.4) is 0 Å². The summed E-state index contributed by atoms with van der Waals surface area (Å²) in [6, 6.07) is 0.677. The fourth-order valence-corrected chi connectivity index (χ4v) is 3.48. The Hall–Kier alpha value is -0.900. The molecular formula is C15H26N4. The van der Waals surface area contributed by atoms with Gasteiger partial charge in [0.1, 0.15) is 11.6 Å². The van der Waals surface area contributed by atoms with Crippen molar-refractivity contribution in [1.29, 1.82) is 0 Å². The molecule has 19 heavy (non-hydrogen) atoms. The van der Waals surface area contributed by atoms with Crippen LogP contribution in [-0.4, -0.2) is 38.8 Å². The van der Waals surface area contributed by atoms with E-state index in [-0.39, 0.29) is 0 Å². The van der Waals surface area contributed by atoms with Crippen molar-refractivity contribution in [3.05, 3.63) is 11.6 Å². The molecule has 4 heteroatoms. The number of aryl methyl sites for hydroxylation is 1. The van der Waals surface area contributed by atoms with Crippen molar-refractivity contribution in [2.24, 2.45) is 0 Å². The van der Waals surface area contributed by atoms with Gasteiger partial charge in [-0.3, -0.25) is 0 Å². The molecule has 0 saturated carbocycles. The zero-order valence-corrected chi connectivity index (χ0v) is 12.3. The van der Waals surface area contributed by atoms with Gasteiger partial charge in [0.2, 0.25) is 0 Å². The Kier molecular flexibility index (Phi) is 3.87. The lowest BCUT2D eigenvalue weighted by Crippen LogP contribution is -2.38. The molecule has 0 radical (unpaired) electrons. The third-order valence-corrected chi connectivity index (χ3v) is 4.76. The van der Waals surface area contributed by atoms with Crippen LogP contribution in [0.25, 0.3) is 0 Å². The maximum absolute atomic E-state index is 4.53. The Labute approximate surface area is 116 Å². The molecule has 0 unspecified atom stereocenters. The quantitative estimate of drug-likeness (QED) is 0.821. The van der Waals surface area contributed by atoms with Crippen molar-refractivity contribution in [2.45, 2.75) is 70.9 Å². The number of aromatic nitrogens is 3. The fraction of sp³-hybridized carbons (Fsp3) is 0.867. The Morgan fingerprint density at radius 3 is 2.53 bits per heavy atom. The highest BCUT2D eigenvalue weighted by Crippen LogP contribution is 2.29. The summed E-state index contributed by atoms with van der Waals surface area (Å²) in [6.07, 6.45) is 7.53. The first-order valence-electron chi connectivity index (χ1n) is 7.91. The monoisotopic (exact) mass is 262 g/mol.